The van der Waals surface area contributed by atoms with Crippen LogP contribution >= 0.6 is 0 Å². The maximum atomic E-state index is 5.29. The van der Waals surface area contributed by atoms with Gasteiger partial charge in [0.15, 0.2) is 0 Å². The van der Waals surface area contributed by atoms with Crippen molar-refractivity contribution in [2.75, 3.05) is 26.7 Å². The Morgan fingerprint density at radius 2 is 1.81 bits per heavy atom. The second kappa shape index (κ2) is 5.62. The third kappa shape index (κ3) is 2.82. The lowest BCUT2D eigenvalue weighted by atomic mass is 9.83. The summed E-state index contributed by atoms with van der Waals surface area (Å²) in [6.07, 6.45) is 5.53. The number of rotatable bonds is 5. The summed E-state index contributed by atoms with van der Waals surface area (Å²) >= 11 is 0. The molecule has 4 aliphatic rings. The van der Waals surface area contributed by atoms with Gasteiger partial charge in [-0.15, -0.1) is 0 Å². The van der Waals surface area contributed by atoms with Crippen molar-refractivity contribution < 1.29 is 4.74 Å². The molecule has 1 N–H and O–H groups in total. The van der Waals surface area contributed by atoms with E-state index in [1.807, 2.05) is 0 Å². The molecule has 2 unspecified atom stereocenters. The Bertz CT molecular complexity index is 474. The highest BCUT2D eigenvalue weighted by Crippen LogP contribution is 2.42. The lowest BCUT2D eigenvalue weighted by molar-refractivity contribution is 0.0653. The minimum atomic E-state index is 0.543. The normalized spacial score (nSPS) is 32.9. The van der Waals surface area contributed by atoms with Crippen molar-refractivity contribution >= 4 is 0 Å². The van der Waals surface area contributed by atoms with Gasteiger partial charge in [-0.1, -0.05) is 12.1 Å². The van der Waals surface area contributed by atoms with Gasteiger partial charge in [0, 0.05) is 18.6 Å². The van der Waals surface area contributed by atoms with Crippen molar-refractivity contribution in [3.05, 3.63) is 29.8 Å². The van der Waals surface area contributed by atoms with Crippen molar-refractivity contribution in [3.63, 3.8) is 0 Å². The number of benzene rings is 1. The number of nitrogens with zero attached hydrogens (tertiary/aromatic N) is 1. The molecule has 21 heavy (non-hydrogen) atoms. The zero-order valence-corrected chi connectivity index (χ0v) is 12.9. The average Bonchev–Trinajstić information content (AvgIpc) is 3.39. The third-order valence-electron chi connectivity index (χ3n) is 5.62. The van der Waals surface area contributed by atoms with Crippen LogP contribution in [-0.2, 0) is 0 Å². The molecule has 3 saturated heterocycles. The van der Waals surface area contributed by atoms with Crippen molar-refractivity contribution in [2.24, 2.45) is 11.8 Å². The van der Waals surface area contributed by atoms with Crippen molar-refractivity contribution in [2.45, 2.75) is 37.8 Å². The van der Waals surface area contributed by atoms with E-state index in [4.69, 9.17) is 4.74 Å². The number of ether oxygens (including phenoxy) is 1. The van der Waals surface area contributed by atoms with Crippen LogP contribution in [0, 0.1) is 11.8 Å². The number of fused-ring (bicyclic) bond motifs is 3. The van der Waals surface area contributed by atoms with Crippen molar-refractivity contribution in [3.8, 4) is 5.75 Å². The van der Waals surface area contributed by atoms with Gasteiger partial charge in [0.2, 0.25) is 0 Å². The Hall–Kier alpha value is -1.06. The molecule has 5 rings (SSSR count). The molecule has 4 fully saturated rings. The van der Waals surface area contributed by atoms with Crippen LogP contribution in [0.2, 0.25) is 0 Å². The average molecular weight is 286 g/mol. The third-order valence-corrected chi connectivity index (χ3v) is 5.62. The van der Waals surface area contributed by atoms with Crippen LogP contribution in [0.25, 0.3) is 0 Å². The Labute approximate surface area is 127 Å². The summed E-state index contributed by atoms with van der Waals surface area (Å²) < 4.78 is 5.29. The molecule has 1 aromatic carbocycles. The van der Waals surface area contributed by atoms with Crippen LogP contribution in [0.5, 0.6) is 5.75 Å². The van der Waals surface area contributed by atoms with E-state index in [1.54, 1.807) is 7.11 Å². The molecule has 1 aliphatic carbocycles. The zero-order chi connectivity index (χ0) is 14.2. The number of nitrogens with one attached hydrogen (secondary N) is 1. The highest BCUT2D eigenvalue weighted by Gasteiger charge is 2.39. The number of methoxy groups -OCH3 is 1. The molecule has 0 radical (unpaired) electrons. The summed E-state index contributed by atoms with van der Waals surface area (Å²) in [6.45, 7) is 3.89. The van der Waals surface area contributed by atoms with Gasteiger partial charge < -0.3 is 15.0 Å². The molecule has 2 atom stereocenters. The monoisotopic (exact) mass is 286 g/mol. The van der Waals surface area contributed by atoms with Crippen LogP contribution in [0.1, 0.15) is 37.3 Å². The molecule has 3 nitrogen and oxygen atoms in total. The fourth-order valence-electron chi connectivity index (χ4n) is 4.13. The Morgan fingerprint density at radius 3 is 2.33 bits per heavy atom. The molecule has 3 aliphatic heterocycles. The molecule has 114 valence electrons. The predicted octanol–water partition coefficient (Wildman–Crippen LogP) is 2.83. The number of piperidine rings is 3. The lowest BCUT2D eigenvalue weighted by Crippen LogP contribution is -2.56. The molecule has 3 heteroatoms. The maximum Gasteiger partial charge on any atom is 0.118 e. The summed E-state index contributed by atoms with van der Waals surface area (Å²) in [6, 6.07) is 9.93. The van der Waals surface area contributed by atoms with Crippen LogP contribution in [-0.4, -0.2) is 37.7 Å². The minimum Gasteiger partial charge on any atom is -0.497 e. The molecule has 2 bridgehead atoms. The van der Waals surface area contributed by atoms with Crippen LogP contribution in [0.15, 0.2) is 24.3 Å². The van der Waals surface area contributed by atoms with Gasteiger partial charge in [-0.2, -0.15) is 0 Å². The quantitative estimate of drug-likeness (QED) is 0.901. The van der Waals surface area contributed by atoms with Crippen LogP contribution in [0.4, 0.5) is 0 Å². The van der Waals surface area contributed by atoms with Gasteiger partial charge in [-0.3, -0.25) is 0 Å². The molecule has 1 aromatic rings. The Morgan fingerprint density at radius 1 is 1.10 bits per heavy atom. The predicted molar refractivity (Wildman–Crippen MR) is 84.5 cm³/mol. The van der Waals surface area contributed by atoms with Gasteiger partial charge >= 0.3 is 0 Å². The first-order valence-corrected chi connectivity index (χ1v) is 8.46. The van der Waals surface area contributed by atoms with E-state index in [0.29, 0.717) is 12.1 Å². The molecular weight excluding hydrogens is 260 g/mol. The van der Waals surface area contributed by atoms with Crippen molar-refractivity contribution in [1.82, 2.24) is 10.2 Å². The smallest absolute Gasteiger partial charge is 0.118 e. The molecule has 0 amide bonds. The van der Waals surface area contributed by atoms with Gasteiger partial charge in [0.1, 0.15) is 5.75 Å². The molecule has 3 heterocycles. The van der Waals surface area contributed by atoms with E-state index >= 15 is 0 Å². The first-order chi connectivity index (χ1) is 10.3. The maximum absolute atomic E-state index is 5.29. The van der Waals surface area contributed by atoms with E-state index in [9.17, 15) is 0 Å². The summed E-state index contributed by atoms with van der Waals surface area (Å²) in [7, 11) is 1.73. The number of hydrogen-bond acceptors (Lipinski definition) is 3. The lowest BCUT2D eigenvalue weighted by Gasteiger charge is -2.46. The minimum absolute atomic E-state index is 0.543. The standard InChI is InChI=1S/C18H26N2O/c1-21-16-6-4-15(5-7-16)18(14-2-3-14)19-17-12-20-10-8-13(17)9-11-20/h4-7,13-14,17-19H,2-3,8-12H2,1H3. The van der Waals surface area contributed by atoms with E-state index < -0.39 is 0 Å². The SMILES string of the molecule is COc1ccc(C(NC2CN3CCC2CC3)C2CC2)cc1. The molecule has 0 aromatic heterocycles. The fraction of sp³-hybridized carbons (Fsp3) is 0.667. The van der Waals surface area contributed by atoms with Crippen LogP contribution in [0.3, 0.4) is 0 Å². The molecular formula is C18H26N2O. The summed E-state index contributed by atoms with van der Waals surface area (Å²) in [5, 5.41) is 4.02. The van der Waals surface area contributed by atoms with Gasteiger partial charge in [0.25, 0.3) is 0 Å². The summed E-state index contributed by atoms with van der Waals surface area (Å²) in [5.74, 6) is 2.69. The van der Waals surface area contributed by atoms with E-state index in [0.717, 1.165) is 17.6 Å². The molecule has 1 saturated carbocycles. The Balaban J connectivity index is 1.49. The molecule has 0 spiro atoms. The zero-order valence-electron chi connectivity index (χ0n) is 12.9. The first-order valence-electron chi connectivity index (χ1n) is 8.46. The second-order valence-corrected chi connectivity index (χ2v) is 7.00. The van der Waals surface area contributed by atoms with E-state index in [-0.39, 0.29) is 0 Å². The largest absolute Gasteiger partial charge is 0.497 e. The van der Waals surface area contributed by atoms with E-state index in [1.165, 1.54) is 50.9 Å². The highest BCUT2D eigenvalue weighted by atomic mass is 16.5. The topological polar surface area (TPSA) is 24.5 Å². The highest BCUT2D eigenvalue weighted by molar-refractivity contribution is 5.30. The fourth-order valence-corrected chi connectivity index (χ4v) is 4.13. The van der Waals surface area contributed by atoms with Crippen LogP contribution < -0.4 is 10.1 Å². The summed E-state index contributed by atoms with van der Waals surface area (Å²) in [5.41, 5.74) is 1.44. The summed E-state index contributed by atoms with van der Waals surface area (Å²) in [4.78, 5) is 2.63. The number of hydrogen-bond donors (Lipinski definition) is 1. The van der Waals surface area contributed by atoms with Crippen molar-refractivity contribution in [1.29, 1.82) is 0 Å². The van der Waals surface area contributed by atoms with Gasteiger partial charge in [-0.05, 0) is 68.3 Å². The Kier molecular flexibility index (Phi) is 3.64. The van der Waals surface area contributed by atoms with E-state index in [2.05, 4.69) is 34.5 Å². The first kappa shape index (κ1) is 13.6. The van der Waals surface area contributed by atoms with Gasteiger partial charge in [-0.25, -0.2) is 0 Å². The second-order valence-electron chi connectivity index (χ2n) is 7.00. The van der Waals surface area contributed by atoms with Gasteiger partial charge in [0.05, 0.1) is 7.11 Å².